The van der Waals surface area contributed by atoms with Crippen LogP contribution in [0.4, 0.5) is 0 Å². The molecule has 3 rings (SSSR count). The Morgan fingerprint density at radius 1 is 0.947 bits per heavy atom. The van der Waals surface area contributed by atoms with Crippen molar-refractivity contribution >= 4 is 22.9 Å². The first-order chi connectivity index (χ1) is 18.1. The fourth-order valence-corrected chi connectivity index (χ4v) is 5.89. The molecule has 0 aromatic heterocycles. The van der Waals surface area contributed by atoms with Crippen molar-refractivity contribution in [2.75, 3.05) is 0 Å². The molecule has 3 nitrogen and oxygen atoms in total. The normalized spacial score (nSPS) is 17.6. The van der Waals surface area contributed by atoms with E-state index in [1.165, 1.54) is 42.0 Å². The lowest BCUT2D eigenvalue weighted by molar-refractivity contribution is -0.129. The van der Waals surface area contributed by atoms with Crippen LogP contribution in [0.2, 0.25) is 0 Å². The number of allylic oxidation sites excluding steroid dienone is 4. The highest BCUT2D eigenvalue weighted by Gasteiger charge is 2.34. The van der Waals surface area contributed by atoms with Crippen LogP contribution in [-0.4, -0.2) is 17.3 Å². The zero-order chi connectivity index (χ0) is 28.8. The summed E-state index contributed by atoms with van der Waals surface area (Å²) < 4.78 is 0. The monoisotopic (exact) mass is 522 g/mol. The van der Waals surface area contributed by atoms with Crippen LogP contribution in [0.3, 0.4) is 0 Å². The molecule has 0 radical (unpaired) electrons. The summed E-state index contributed by atoms with van der Waals surface area (Å²) >= 11 is 0. The predicted molar refractivity (Wildman–Crippen MR) is 163 cm³/mol. The van der Waals surface area contributed by atoms with E-state index in [1.54, 1.807) is 0 Å². The molecular weight excluding hydrogens is 468 g/mol. The third kappa shape index (κ3) is 9.79. The van der Waals surface area contributed by atoms with Gasteiger partial charge in [0.1, 0.15) is 11.6 Å². The van der Waals surface area contributed by atoms with Gasteiger partial charge in [-0.25, -0.2) is 0 Å². The molecule has 0 aliphatic heterocycles. The number of carbonyl (C=O) groups is 3. The van der Waals surface area contributed by atoms with Crippen molar-refractivity contribution in [1.82, 2.24) is 0 Å². The molecule has 2 aliphatic rings. The van der Waals surface area contributed by atoms with Crippen LogP contribution >= 0.6 is 0 Å². The van der Waals surface area contributed by atoms with Crippen molar-refractivity contribution in [3.8, 4) is 0 Å². The number of hydrogen-bond acceptors (Lipinski definition) is 3. The van der Waals surface area contributed by atoms with Crippen LogP contribution in [-0.2, 0) is 16.0 Å². The fraction of sp³-hybridized carbons (Fsp3) is 0.629. The third-order valence-electron chi connectivity index (χ3n) is 7.29. The van der Waals surface area contributed by atoms with Crippen molar-refractivity contribution in [2.24, 2.45) is 17.8 Å². The van der Waals surface area contributed by atoms with E-state index in [-0.39, 0.29) is 41.5 Å². The van der Waals surface area contributed by atoms with E-state index in [0.29, 0.717) is 6.42 Å². The quantitative estimate of drug-likeness (QED) is 0.287. The molecule has 3 heteroatoms. The van der Waals surface area contributed by atoms with Gasteiger partial charge in [0.25, 0.3) is 0 Å². The zero-order valence-electron chi connectivity index (χ0n) is 25.8. The Hall–Kier alpha value is -2.29. The topological polar surface area (TPSA) is 51.2 Å². The van der Waals surface area contributed by atoms with Gasteiger partial charge in [0.05, 0.1) is 6.42 Å². The second-order valence-electron chi connectivity index (χ2n) is 11.4. The minimum atomic E-state index is -0.0864. The Labute approximate surface area is 233 Å². The van der Waals surface area contributed by atoms with Crippen LogP contribution in [0.15, 0.2) is 29.9 Å². The molecule has 0 spiro atoms. The van der Waals surface area contributed by atoms with Gasteiger partial charge in [-0.3, -0.25) is 14.4 Å². The molecule has 0 N–H and O–H groups in total. The lowest BCUT2D eigenvalue weighted by Crippen LogP contribution is -2.30. The maximum Gasteiger partial charge on any atom is 0.163 e. The Kier molecular flexibility index (Phi) is 15.4. The summed E-state index contributed by atoms with van der Waals surface area (Å²) in [6.45, 7) is 18.4. The van der Waals surface area contributed by atoms with Crippen LogP contribution < -0.4 is 0 Å². The average molecular weight is 523 g/mol. The lowest BCUT2D eigenvalue weighted by atomic mass is 9.71. The zero-order valence-corrected chi connectivity index (χ0v) is 25.8. The van der Waals surface area contributed by atoms with Crippen LogP contribution in [0, 0.1) is 24.7 Å². The SMILES string of the molecule is CCC.CCC.CCCC(CC1CC(=O)c2c(C)ccc(C3=CC=C(C)C3)c2C1)C(CC)C(=O)CC(C)=O. The molecule has 0 fully saturated rings. The van der Waals surface area contributed by atoms with E-state index in [4.69, 9.17) is 0 Å². The van der Waals surface area contributed by atoms with Crippen molar-refractivity contribution in [1.29, 1.82) is 0 Å². The first-order valence-electron chi connectivity index (χ1n) is 15.1. The second-order valence-corrected chi connectivity index (χ2v) is 11.4. The largest absolute Gasteiger partial charge is 0.300 e. The summed E-state index contributed by atoms with van der Waals surface area (Å²) in [5, 5.41) is 0. The van der Waals surface area contributed by atoms with Gasteiger partial charge in [-0.05, 0) is 80.6 Å². The van der Waals surface area contributed by atoms with Crippen molar-refractivity contribution in [3.63, 3.8) is 0 Å². The minimum Gasteiger partial charge on any atom is -0.300 e. The molecular formula is C35H54O3. The van der Waals surface area contributed by atoms with E-state index in [1.807, 2.05) is 6.92 Å². The standard InChI is InChI=1S/C29H38O3.2C3H8/c1-6-8-22(24(7-2)27(31)14-20(5)30)15-21-16-26-25(23-11-9-18(3)13-23)12-10-19(4)29(26)28(32)17-21;2*1-3-2/h9-12,21-22,24H,6-8,13-17H2,1-5H3;2*3H2,1-2H3. The molecule has 0 bridgehead atoms. The highest BCUT2D eigenvalue weighted by Crippen LogP contribution is 2.40. The molecule has 0 saturated heterocycles. The van der Waals surface area contributed by atoms with Gasteiger partial charge >= 0.3 is 0 Å². The molecule has 0 amide bonds. The Morgan fingerprint density at radius 2 is 1.58 bits per heavy atom. The predicted octanol–water partition coefficient (Wildman–Crippen LogP) is 9.69. The van der Waals surface area contributed by atoms with Crippen molar-refractivity contribution in [2.45, 2.75) is 127 Å². The minimum absolute atomic E-state index is 0.0367. The maximum atomic E-state index is 13.3. The first-order valence-corrected chi connectivity index (χ1v) is 15.1. The number of benzene rings is 1. The molecule has 2 aliphatic carbocycles. The molecule has 1 aromatic rings. The Bertz CT molecular complexity index is 993. The van der Waals surface area contributed by atoms with Crippen LogP contribution in [0.25, 0.3) is 5.57 Å². The maximum absolute atomic E-state index is 13.3. The Morgan fingerprint density at radius 3 is 2.08 bits per heavy atom. The summed E-state index contributed by atoms with van der Waals surface area (Å²) in [5.74, 6) is 0.671. The average Bonchev–Trinajstić information content (AvgIpc) is 3.26. The van der Waals surface area contributed by atoms with Gasteiger partial charge in [-0.15, -0.1) is 0 Å². The summed E-state index contributed by atoms with van der Waals surface area (Å²) in [5.41, 5.74) is 7.09. The smallest absolute Gasteiger partial charge is 0.163 e. The Balaban J connectivity index is 0.00000110. The van der Waals surface area contributed by atoms with E-state index in [0.717, 1.165) is 49.7 Å². The van der Waals surface area contributed by atoms with Gasteiger partial charge in [-0.2, -0.15) is 0 Å². The van der Waals surface area contributed by atoms with Gasteiger partial charge in [0.2, 0.25) is 0 Å². The van der Waals surface area contributed by atoms with E-state index in [9.17, 15) is 14.4 Å². The van der Waals surface area contributed by atoms with Crippen LogP contribution in [0.5, 0.6) is 0 Å². The number of aryl methyl sites for hydroxylation is 1. The van der Waals surface area contributed by atoms with Crippen molar-refractivity contribution in [3.05, 3.63) is 52.1 Å². The lowest BCUT2D eigenvalue weighted by Gasteiger charge is -2.32. The highest BCUT2D eigenvalue weighted by atomic mass is 16.1. The number of fused-ring (bicyclic) bond motifs is 1. The molecule has 0 heterocycles. The molecule has 38 heavy (non-hydrogen) atoms. The summed E-state index contributed by atoms with van der Waals surface area (Å²) in [6, 6.07) is 4.28. The summed E-state index contributed by atoms with van der Waals surface area (Å²) in [6.07, 6.45) is 12.9. The molecule has 3 unspecified atom stereocenters. The van der Waals surface area contributed by atoms with E-state index in [2.05, 4.69) is 72.8 Å². The van der Waals surface area contributed by atoms with Crippen molar-refractivity contribution < 1.29 is 14.4 Å². The van der Waals surface area contributed by atoms with Gasteiger partial charge in [0, 0.05) is 17.9 Å². The molecule has 1 aromatic carbocycles. The summed E-state index contributed by atoms with van der Waals surface area (Å²) in [4.78, 5) is 37.6. The van der Waals surface area contributed by atoms with Gasteiger partial charge in [-0.1, -0.05) is 97.1 Å². The number of ketones is 3. The number of carbonyl (C=O) groups excluding carboxylic acids is 3. The first kappa shape index (κ1) is 33.7. The molecule has 3 atom stereocenters. The van der Waals surface area contributed by atoms with Gasteiger partial charge < -0.3 is 0 Å². The van der Waals surface area contributed by atoms with Gasteiger partial charge in [0.15, 0.2) is 5.78 Å². The highest BCUT2D eigenvalue weighted by molar-refractivity contribution is 6.01. The fourth-order valence-electron chi connectivity index (χ4n) is 5.89. The van der Waals surface area contributed by atoms with Crippen LogP contribution in [0.1, 0.15) is 140 Å². The second kappa shape index (κ2) is 17.3. The van der Waals surface area contributed by atoms with E-state index >= 15 is 0 Å². The number of Topliss-reactive ketones (excluding diaryl/α,β-unsaturated/α-hetero) is 3. The molecule has 212 valence electrons. The summed E-state index contributed by atoms with van der Waals surface area (Å²) in [7, 11) is 0. The number of rotatable bonds is 10. The third-order valence-corrected chi connectivity index (χ3v) is 7.29. The number of hydrogen-bond donors (Lipinski definition) is 0. The molecule has 0 saturated carbocycles. The van der Waals surface area contributed by atoms with E-state index < -0.39 is 0 Å².